The Labute approximate surface area is 78.4 Å². The Morgan fingerprint density at radius 2 is 2.46 bits per heavy atom. The lowest BCUT2D eigenvalue weighted by Gasteiger charge is -2.01. The molecule has 1 aromatic rings. The lowest BCUT2D eigenvalue weighted by molar-refractivity contribution is 0.412. The van der Waals surface area contributed by atoms with Crippen LogP contribution in [0.2, 0.25) is 0 Å². The summed E-state index contributed by atoms with van der Waals surface area (Å²) in [5.41, 5.74) is 0.861. The molecule has 0 aliphatic heterocycles. The largest absolute Gasteiger partial charge is 0.494 e. The molecule has 1 aromatic heterocycles. The minimum Gasteiger partial charge on any atom is -0.494 e. The molecule has 1 rings (SSSR count). The van der Waals surface area contributed by atoms with E-state index in [2.05, 4.69) is 10.3 Å². The van der Waals surface area contributed by atoms with Gasteiger partial charge in [-0.05, 0) is 25.3 Å². The smallest absolute Gasteiger partial charge is 0.144 e. The summed E-state index contributed by atoms with van der Waals surface area (Å²) in [5.74, 6) is 0.801. The first-order valence-electron chi connectivity index (χ1n) is 4.18. The van der Waals surface area contributed by atoms with Gasteiger partial charge in [0.15, 0.2) is 0 Å². The number of hydrogen-bond donors (Lipinski definition) is 1. The molecule has 0 saturated carbocycles. The maximum absolute atomic E-state index is 5.14. The fourth-order valence-electron chi connectivity index (χ4n) is 0.989. The van der Waals surface area contributed by atoms with Crippen molar-refractivity contribution in [3.63, 3.8) is 0 Å². The highest BCUT2D eigenvalue weighted by Gasteiger charge is 1.96. The highest BCUT2D eigenvalue weighted by Crippen LogP contribution is 2.15. The first kappa shape index (κ1) is 9.74. The maximum Gasteiger partial charge on any atom is 0.144 e. The summed E-state index contributed by atoms with van der Waals surface area (Å²) in [6.45, 7) is 0.833. The molecule has 0 aromatic carbocycles. The third-order valence-corrected chi connectivity index (χ3v) is 1.62. The van der Waals surface area contributed by atoms with Crippen LogP contribution in [0.3, 0.4) is 0 Å². The number of nitrogens with one attached hydrogen (secondary N) is 1. The number of likely N-dealkylation sites (N-methyl/N-ethyl adjacent to an activating group) is 1. The Morgan fingerprint density at radius 1 is 1.62 bits per heavy atom. The van der Waals surface area contributed by atoms with Crippen LogP contribution < -0.4 is 10.1 Å². The minimum atomic E-state index is 0.801. The zero-order valence-corrected chi connectivity index (χ0v) is 7.95. The van der Waals surface area contributed by atoms with Crippen molar-refractivity contribution in [2.75, 3.05) is 20.7 Å². The van der Waals surface area contributed by atoms with Crippen molar-refractivity contribution in [1.82, 2.24) is 10.3 Å². The van der Waals surface area contributed by atoms with Crippen LogP contribution in [0.5, 0.6) is 5.75 Å². The molecule has 0 atom stereocenters. The van der Waals surface area contributed by atoms with Crippen molar-refractivity contribution in [2.24, 2.45) is 0 Å². The number of methoxy groups -OCH3 is 1. The van der Waals surface area contributed by atoms with Crippen LogP contribution in [-0.4, -0.2) is 25.7 Å². The number of pyridine rings is 1. The van der Waals surface area contributed by atoms with Gasteiger partial charge in [0.2, 0.25) is 0 Å². The molecule has 3 heteroatoms. The van der Waals surface area contributed by atoms with E-state index in [0.717, 1.165) is 18.0 Å². The van der Waals surface area contributed by atoms with E-state index < -0.39 is 0 Å². The molecule has 0 saturated heterocycles. The SMILES string of the molecule is CNCC=Cc1ncccc1OC. The van der Waals surface area contributed by atoms with Crippen molar-refractivity contribution >= 4 is 6.08 Å². The van der Waals surface area contributed by atoms with E-state index in [9.17, 15) is 0 Å². The topological polar surface area (TPSA) is 34.2 Å². The van der Waals surface area contributed by atoms with Crippen LogP contribution in [0.15, 0.2) is 24.4 Å². The van der Waals surface area contributed by atoms with Gasteiger partial charge in [-0.2, -0.15) is 0 Å². The van der Waals surface area contributed by atoms with Crippen LogP contribution in [0.4, 0.5) is 0 Å². The Bertz CT molecular complexity index is 284. The van der Waals surface area contributed by atoms with Gasteiger partial charge in [0, 0.05) is 12.7 Å². The zero-order valence-electron chi connectivity index (χ0n) is 7.95. The molecule has 0 radical (unpaired) electrons. The number of aromatic nitrogens is 1. The summed E-state index contributed by atoms with van der Waals surface area (Å²) in [5, 5.41) is 3.02. The molecule has 0 spiro atoms. The van der Waals surface area contributed by atoms with E-state index >= 15 is 0 Å². The quantitative estimate of drug-likeness (QED) is 0.755. The highest BCUT2D eigenvalue weighted by molar-refractivity contribution is 5.52. The van der Waals surface area contributed by atoms with Crippen molar-refractivity contribution in [3.8, 4) is 5.75 Å². The van der Waals surface area contributed by atoms with Crippen molar-refractivity contribution in [2.45, 2.75) is 0 Å². The van der Waals surface area contributed by atoms with Crippen LogP contribution in [0, 0.1) is 0 Å². The third-order valence-electron chi connectivity index (χ3n) is 1.62. The van der Waals surface area contributed by atoms with E-state index in [1.54, 1.807) is 13.3 Å². The van der Waals surface area contributed by atoms with E-state index in [4.69, 9.17) is 4.74 Å². The maximum atomic E-state index is 5.14. The molecule has 0 amide bonds. The summed E-state index contributed by atoms with van der Waals surface area (Å²) >= 11 is 0. The second-order valence-electron chi connectivity index (χ2n) is 2.55. The highest BCUT2D eigenvalue weighted by atomic mass is 16.5. The van der Waals surface area contributed by atoms with Gasteiger partial charge in [-0.1, -0.05) is 6.08 Å². The lowest BCUT2D eigenvalue weighted by Crippen LogP contribution is -2.03. The fourth-order valence-corrected chi connectivity index (χ4v) is 0.989. The molecule has 0 unspecified atom stereocenters. The van der Waals surface area contributed by atoms with Gasteiger partial charge in [-0.15, -0.1) is 0 Å². The molecule has 70 valence electrons. The minimum absolute atomic E-state index is 0.801. The van der Waals surface area contributed by atoms with Crippen LogP contribution in [0.1, 0.15) is 5.69 Å². The van der Waals surface area contributed by atoms with Gasteiger partial charge in [0.1, 0.15) is 11.4 Å². The second-order valence-corrected chi connectivity index (χ2v) is 2.55. The van der Waals surface area contributed by atoms with Gasteiger partial charge in [-0.3, -0.25) is 4.98 Å². The third kappa shape index (κ3) is 2.87. The summed E-state index contributed by atoms with van der Waals surface area (Å²) in [6, 6.07) is 3.75. The molecule has 0 bridgehead atoms. The number of hydrogen-bond acceptors (Lipinski definition) is 3. The molecule has 1 heterocycles. The van der Waals surface area contributed by atoms with Gasteiger partial charge >= 0.3 is 0 Å². The van der Waals surface area contributed by atoms with E-state index in [1.807, 2.05) is 31.3 Å². The predicted molar refractivity (Wildman–Crippen MR) is 53.7 cm³/mol. The van der Waals surface area contributed by atoms with E-state index in [1.165, 1.54) is 0 Å². The van der Waals surface area contributed by atoms with E-state index in [-0.39, 0.29) is 0 Å². The van der Waals surface area contributed by atoms with Gasteiger partial charge in [0.05, 0.1) is 7.11 Å². The predicted octanol–water partition coefficient (Wildman–Crippen LogP) is 1.32. The zero-order chi connectivity index (χ0) is 9.52. The second kappa shape index (κ2) is 5.32. The molecular weight excluding hydrogens is 164 g/mol. The standard InChI is InChI=1S/C10H14N2O/c1-11-7-3-5-9-10(13-2)6-4-8-12-9/h3-6,8,11H,7H2,1-2H3. The molecule has 0 aliphatic carbocycles. The lowest BCUT2D eigenvalue weighted by atomic mass is 10.3. The first-order chi connectivity index (χ1) is 6.38. The molecule has 0 fully saturated rings. The number of nitrogens with zero attached hydrogens (tertiary/aromatic N) is 1. The molecule has 13 heavy (non-hydrogen) atoms. The Balaban J connectivity index is 2.74. The van der Waals surface area contributed by atoms with Crippen LogP contribution in [0.25, 0.3) is 6.08 Å². The monoisotopic (exact) mass is 178 g/mol. The first-order valence-corrected chi connectivity index (χ1v) is 4.18. The molecular formula is C10H14N2O. The number of rotatable bonds is 4. The van der Waals surface area contributed by atoms with Gasteiger partial charge < -0.3 is 10.1 Å². The molecule has 1 N–H and O–H groups in total. The molecule has 0 aliphatic rings. The Morgan fingerprint density at radius 3 is 3.15 bits per heavy atom. The van der Waals surface area contributed by atoms with Crippen LogP contribution in [-0.2, 0) is 0 Å². The fraction of sp³-hybridized carbons (Fsp3) is 0.300. The average Bonchev–Trinajstić information content (AvgIpc) is 2.19. The van der Waals surface area contributed by atoms with Crippen molar-refractivity contribution in [3.05, 3.63) is 30.1 Å². The number of ether oxygens (including phenoxy) is 1. The van der Waals surface area contributed by atoms with E-state index in [0.29, 0.717) is 0 Å². The van der Waals surface area contributed by atoms with Crippen molar-refractivity contribution < 1.29 is 4.74 Å². The normalized spacial score (nSPS) is 10.6. The van der Waals surface area contributed by atoms with Crippen LogP contribution >= 0.6 is 0 Å². The molecule has 3 nitrogen and oxygen atoms in total. The van der Waals surface area contributed by atoms with Crippen molar-refractivity contribution in [1.29, 1.82) is 0 Å². The summed E-state index contributed by atoms with van der Waals surface area (Å²) in [7, 11) is 3.55. The van der Waals surface area contributed by atoms with Gasteiger partial charge in [-0.25, -0.2) is 0 Å². The summed E-state index contributed by atoms with van der Waals surface area (Å²) in [4.78, 5) is 4.18. The summed E-state index contributed by atoms with van der Waals surface area (Å²) in [6.07, 6.45) is 5.70. The van der Waals surface area contributed by atoms with Gasteiger partial charge in [0.25, 0.3) is 0 Å². The Kier molecular flexibility index (Phi) is 3.99. The Hall–Kier alpha value is -1.35. The average molecular weight is 178 g/mol. The summed E-state index contributed by atoms with van der Waals surface area (Å²) < 4.78 is 5.14.